The van der Waals surface area contributed by atoms with Gasteiger partial charge in [-0.2, -0.15) is 5.26 Å². The quantitative estimate of drug-likeness (QED) is 0.831. The fraction of sp³-hybridized carbons (Fsp3) is 0.632. The van der Waals surface area contributed by atoms with Gasteiger partial charge < -0.3 is 9.47 Å². The molecule has 0 saturated carbocycles. The number of hydrogen-bond acceptors (Lipinski definition) is 4. The first-order chi connectivity index (χ1) is 11.1. The minimum absolute atomic E-state index is 0.0294. The molecule has 1 heterocycles. The van der Waals surface area contributed by atoms with Gasteiger partial charge in [-0.15, -0.1) is 0 Å². The zero-order chi connectivity index (χ0) is 16.7. The molecule has 0 bridgehead atoms. The highest BCUT2D eigenvalue weighted by Crippen LogP contribution is 2.21. The molecule has 23 heavy (non-hydrogen) atoms. The van der Waals surface area contributed by atoms with Gasteiger partial charge in [0, 0.05) is 18.6 Å². The summed E-state index contributed by atoms with van der Waals surface area (Å²) in [4.78, 5) is 0. The normalized spacial score (nSPS) is 23.5. The minimum Gasteiger partial charge on any atom is -0.353 e. The van der Waals surface area contributed by atoms with Gasteiger partial charge in [0.1, 0.15) is 6.04 Å². The maximum Gasteiger partial charge on any atom is 0.157 e. The molecular weight excluding hydrogens is 288 g/mol. The van der Waals surface area contributed by atoms with Crippen LogP contribution in [0.2, 0.25) is 0 Å². The van der Waals surface area contributed by atoms with Crippen molar-refractivity contribution < 1.29 is 9.47 Å². The van der Waals surface area contributed by atoms with Gasteiger partial charge in [0.2, 0.25) is 0 Å². The van der Waals surface area contributed by atoms with E-state index >= 15 is 0 Å². The summed E-state index contributed by atoms with van der Waals surface area (Å²) in [6.45, 7) is 6.95. The molecule has 0 spiro atoms. The fourth-order valence-corrected chi connectivity index (χ4v) is 2.87. The predicted octanol–water partition coefficient (Wildman–Crippen LogP) is 3.80. The van der Waals surface area contributed by atoms with E-state index in [9.17, 15) is 5.26 Å². The minimum atomic E-state index is -0.260. The highest BCUT2D eigenvalue weighted by Gasteiger charge is 2.27. The maximum absolute atomic E-state index is 9.55. The molecule has 2 unspecified atom stereocenters. The van der Waals surface area contributed by atoms with Crippen molar-refractivity contribution in [2.45, 2.75) is 64.5 Å². The van der Waals surface area contributed by atoms with Crippen LogP contribution in [0.25, 0.3) is 0 Å². The molecule has 1 aromatic rings. The molecule has 0 aromatic heterocycles. The van der Waals surface area contributed by atoms with Crippen LogP contribution in [0.4, 0.5) is 0 Å². The van der Waals surface area contributed by atoms with Crippen molar-refractivity contribution in [3.8, 4) is 6.07 Å². The summed E-state index contributed by atoms with van der Waals surface area (Å²) in [5.74, 6) is 0.0803. The van der Waals surface area contributed by atoms with Crippen molar-refractivity contribution in [1.82, 2.24) is 5.32 Å². The van der Waals surface area contributed by atoms with Crippen molar-refractivity contribution >= 4 is 0 Å². The van der Waals surface area contributed by atoms with E-state index in [0.29, 0.717) is 0 Å². The second-order valence-electron chi connectivity index (χ2n) is 6.40. The lowest BCUT2D eigenvalue weighted by molar-refractivity contribution is -0.194. The van der Waals surface area contributed by atoms with Crippen molar-refractivity contribution in [2.75, 3.05) is 6.61 Å². The van der Waals surface area contributed by atoms with E-state index in [1.807, 2.05) is 25.1 Å². The van der Waals surface area contributed by atoms with E-state index in [1.54, 1.807) is 0 Å². The third-order valence-corrected chi connectivity index (χ3v) is 4.64. The Labute approximate surface area is 139 Å². The van der Waals surface area contributed by atoms with Crippen LogP contribution < -0.4 is 5.32 Å². The lowest BCUT2D eigenvalue weighted by atomic mass is 9.95. The average Bonchev–Trinajstić information content (AvgIpc) is 2.60. The molecule has 1 aromatic carbocycles. The summed E-state index contributed by atoms with van der Waals surface area (Å²) in [5, 5.41) is 13.0. The molecule has 1 N–H and O–H groups in total. The van der Waals surface area contributed by atoms with E-state index in [4.69, 9.17) is 9.47 Å². The number of hydrogen-bond donors (Lipinski definition) is 1. The van der Waals surface area contributed by atoms with Crippen LogP contribution in [0, 0.1) is 17.2 Å². The van der Waals surface area contributed by atoms with Crippen LogP contribution in [0.15, 0.2) is 30.3 Å². The number of nitrogens with zero attached hydrogens (tertiary/aromatic N) is 1. The molecule has 5 atom stereocenters. The van der Waals surface area contributed by atoms with E-state index in [-0.39, 0.29) is 30.4 Å². The molecule has 0 amide bonds. The largest absolute Gasteiger partial charge is 0.353 e. The second-order valence-corrected chi connectivity index (χ2v) is 6.40. The number of nitrogens with one attached hydrogen (secondary N) is 1. The summed E-state index contributed by atoms with van der Waals surface area (Å²) >= 11 is 0. The molecule has 1 fully saturated rings. The van der Waals surface area contributed by atoms with Gasteiger partial charge in [-0.05, 0) is 38.7 Å². The topological polar surface area (TPSA) is 54.3 Å². The van der Waals surface area contributed by atoms with Crippen molar-refractivity contribution in [1.29, 1.82) is 5.26 Å². The van der Waals surface area contributed by atoms with Gasteiger partial charge in [0.15, 0.2) is 6.29 Å². The number of rotatable bonds is 7. The average molecular weight is 316 g/mol. The summed E-state index contributed by atoms with van der Waals surface area (Å²) < 4.78 is 11.6. The van der Waals surface area contributed by atoms with Gasteiger partial charge in [-0.25, -0.2) is 0 Å². The molecule has 1 aliphatic heterocycles. The molecular formula is C19H28N2O2. The van der Waals surface area contributed by atoms with Gasteiger partial charge >= 0.3 is 0 Å². The van der Waals surface area contributed by atoms with E-state index in [1.165, 1.54) is 5.56 Å². The van der Waals surface area contributed by atoms with Crippen molar-refractivity contribution in [2.24, 2.45) is 5.92 Å². The molecule has 4 nitrogen and oxygen atoms in total. The molecule has 0 radical (unpaired) electrons. The van der Waals surface area contributed by atoms with Gasteiger partial charge in [0.25, 0.3) is 0 Å². The Morgan fingerprint density at radius 2 is 1.96 bits per heavy atom. The predicted molar refractivity (Wildman–Crippen MR) is 90.7 cm³/mol. The first-order valence-electron chi connectivity index (χ1n) is 8.59. The number of benzene rings is 1. The Morgan fingerprint density at radius 3 is 2.57 bits per heavy atom. The van der Waals surface area contributed by atoms with Gasteiger partial charge in [-0.3, -0.25) is 5.32 Å². The van der Waals surface area contributed by atoms with Crippen molar-refractivity contribution in [3.63, 3.8) is 0 Å². The SMILES string of the molecule is CC(C(C#N)N[C@@H](C)c1ccccc1)[C@H](C)O[C@@H]1CCCCO1. The molecule has 1 saturated heterocycles. The zero-order valence-corrected chi connectivity index (χ0v) is 14.4. The smallest absolute Gasteiger partial charge is 0.157 e. The van der Waals surface area contributed by atoms with Crippen molar-refractivity contribution in [3.05, 3.63) is 35.9 Å². The molecule has 0 aliphatic carbocycles. The monoisotopic (exact) mass is 316 g/mol. The van der Waals surface area contributed by atoms with Crippen LogP contribution in [0.3, 0.4) is 0 Å². The van der Waals surface area contributed by atoms with E-state index in [0.717, 1.165) is 25.9 Å². The Bertz CT molecular complexity index is 494. The summed E-state index contributed by atoms with van der Waals surface area (Å²) in [5.41, 5.74) is 1.18. The zero-order valence-electron chi connectivity index (χ0n) is 14.4. The van der Waals surface area contributed by atoms with Crippen LogP contribution in [-0.2, 0) is 9.47 Å². The summed E-state index contributed by atoms with van der Waals surface area (Å²) in [6.07, 6.45) is 3.06. The molecule has 126 valence electrons. The fourth-order valence-electron chi connectivity index (χ4n) is 2.87. The lowest BCUT2D eigenvalue weighted by Crippen LogP contribution is -2.42. The molecule has 1 aliphatic rings. The maximum atomic E-state index is 9.55. The molecule has 2 rings (SSSR count). The first-order valence-corrected chi connectivity index (χ1v) is 8.59. The Morgan fingerprint density at radius 1 is 1.22 bits per heavy atom. The third-order valence-electron chi connectivity index (χ3n) is 4.64. The van der Waals surface area contributed by atoms with Crippen LogP contribution in [-0.4, -0.2) is 25.0 Å². The summed E-state index contributed by atoms with van der Waals surface area (Å²) in [7, 11) is 0. The first kappa shape index (κ1) is 17.9. The molecule has 4 heteroatoms. The van der Waals surface area contributed by atoms with E-state index in [2.05, 4.69) is 37.4 Å². The number of nitriles is 1. The van der Waals surface area contributed by atoms with E-state index < -0.39 is 0 Å². The standard InChI is InChI=1S/C19H28N2O2/c1-14(16(3)23-19-11-7-8-12-22-19)18(13-20)21-15(2)17-9-5-4-6-10-17/h4-6,9-10,14-16,18-19,21H,7-8,11-12H2,1-3H3/t14?,15-,16-,18?,19+/m0/s1. The Hall–Kier alpha value is -1.41. The second kappa shape index (κ2) is 9.02. The number of ether oxygens (including phenoxy) is 2. The Balaban J connectivity index is 1.89. The lowest BCUT2D eigenvalue weighted by Gasteiger charge is -2.32. The van der Waals surface area contributed by atoms with Crippen LogP contribution in [0.1, 0.15) is 51.6 Å². The highest BCUT2D eigenvalue weighted by molar-refractivity contribution is 5.18. The summed E-state index contributed by atoms with van der Waals surface area (Å²) in [6, 6.07) is 12.4. The van der Waals surface area contributed by atoms with Gasteiger partial charge in [-0.1, -0.05) is 37.3 Å². The van der Waals surface area contributed by atoms with Crippen LogP contribution >= 0.6 is 0 Å². The third kappa shape index (κ3) is 5.31. The van der Waals surface area contributed by atoms with Crippen LogP contribution in [0.5, 0.6) is 0 Å². The van der Waals surface area contributed by atoms with Gasteiger partial charge in [0.05, 0.1) is 12.2 Å². The highest BCUT2D eigenvalue weighted by atomic mass is 16.7. The Kier molecular flexibility index (Phi) is 7.04.